The molecule has 0 aliphatic carbocycles. The van der Waals surface area contributed by atoms with Crippen LogP contribution in [0.2, 0.25) is 0 Å². The third kappa shape index (κ3) is 1.78. The summed E-state index contributed by atoms with van der Waals surface area (Å²) < 4.78 is 18.1. The Hall–Kier alpha value is -1.61. The normalized spacial score (nSPS) is 14.9. The van der Waals surface area contributed by atoms with Gasteiger partial charge in [0.2, 0.25) is 0 Å². The molecular weight excluding hydrogens is 195 g/mol. The van der Waals surface area contributed by atoms with E-state index in [-0.39, 0.29) is 5.82 Å². The van der Waals surface area contributed by atoms with E-state index >= 15 is 0 Å². The summed E-state index contributed by atoms with van der Waals surface area (Å²) in [4.78, 5) is 0. The SMILES string of the molecule is CC(O)(c1cccc(F)c1)c1ccco1. The van der Waals surface area contributed by atoms with Crippen molar-refractivity contribution >= 4 is 0 Å². The zero-order valence-electron chi connectivity index (χ0n) is 8.27. The van der Waals surface area contributed by atoms with E-state index in [0.717, 1.165) is 0 Å². The fraction of sp³-hybridized carbons (Fsp3) is 0.167. The van der Waals surface area contributed by atoms with Gasteiger partial charge in [0.25, 0.3) is 0 Å². The monoisotopic (exact) mass is 206 g/mol. The van der Waals surface area contributed by atoms with Gasteiger partial charge < -0.3 is 9.52 Å². The van der Waals surface area contributed by atoms with Crippen LogP contribution in [0.3, 0.4) is 0 Å². The molecule has 0 fully saturated rings. The van der Waals surface area contributed by atoms with Crippen LogP contribution in [0.25, 0.3) is 0 Å². The minimum absolute atomic E-state index is 0.376. The average Bonchev–Trinajstić information content (AvgIpc) is 2.71. The molecule has 3 heteroatoms. The molecule has 2 aromatic rings. The molecule has 2 nitrogen and oxygen atoms in total. The maximum Gasteiger partial charge on any atom is 0.144 e. The van der Waals surface area contributed by atoms with Crippen molar-refractivity contribution in [2.45, 2.75) is 12.5 Å². The highest BCUT2D eigenvalue weighted by atomic mass is 19.1. The van der Waals surface area contributed by atoms with Crippen LogP contribution in [0.15, 0.2) is 47.1 Å². The molecule has 0 aliphatic heterocycles. The van der Waals surface area contributed by atoms with Gasteiger partial charge in [0.05, 0.1) is 6.26 Å². The molecule has 0 amide bonds. The summed E-state index contributed by atoms with van der Waals surface area (Å²) >= 11 is 0. The van der Waals surface area contributed by atoms with E-state index in [9.17, 15) is 9.50 Å². The lowest BCUT2D eigenvalue weighted by molar-refractivity contribution is 0.0764. The highest BCUT2D eigenvalue weighted by molar-refractivity contribution is 5.30. The van der Waals surface area contributed by atoms with Gasteiger partial charge in [0.15, 0.2) is 0 Å². The van der Waals surface area contributed by atoms with Crippen LogP contribution in [0.4, 0.5) is 4.39 Å². The first-order valence-corrected chi connectivity index (χ1v) is 4.63. The van der Waals surface area contributed by atoms with Crippen molar-refractivity contribution < 1.29 is 13.9 Å². The summed E-state index contributed by atoms with van der Waals surface area (Å²) in [5.74, 6) is 0.0208. The van der Waals surface area contributed by atoms with Crippen molar-refractivity contribution in [2.24, 2.45) is 0 Å². The first-order chi connectivity index (χ1) is 7.10. The fourth-order valence-corrected chi connectivity index (χ4v) is 1.49. The van der Waals surface area contributed by atoms with E-state index in [0.29, 0.717) is 11.3 Å². The van der Waals surface area contributed by atoms with Crippen LogP contribution >= 0.6 is 0 Å². The predicted octanol–water partition coefficient (Wildman–Crippen LogP) is 2.67. The van der Waals surface area contributed by atoms with Crippen molar-refractivity contribution in [3.05, 3.63) is 59.8 Å². The van der Waals surface area contributed by atoms with E-state index in [1.807, 2.05) is 0 Å². The van der Waals surface area contributed by atoms with Crippen molar-refractivity contribution in [2.75, 3.05) is 0 Å². The van der Waals surface area contributed by atoms with Gasteiger partial charge in [-0.05, 0) is 36.8 Å². The number of aliphatic hydroxyl groups is 1. The topological polar surface area (TPSA) is 33.4 Å². The van der Waals surface area contributed by atoms with Crippen molar-refractivity contribution in [3.63, 3.8) is 0 Å². The minimum Gasteiger partial charge on any atom is -0.466 e. The number of furan rings is 1. The van der Waals surface area contributed by atoms with E-state index in [4.69, 9.17) is 4.42 Å². The van der Waals surface area contributed by atoms with Crippen molar-refractivity contribution in [1.29, 1.82) is 0 Å². The second-order valence-electron chi connectivity index (χ2n) is 3.56. The van der Waals surface area contributed by atoms with E-state index < -0.39 is 5.60 Å². The number of hydrogen-bond donors (Lipinski definition) is 1. The third-order valence-corrected chi connectivity index (χ3v) is 2.39. The molecule has 1 heterocycles. The summed E-state index contributed by atoms with van der Waals surface area (Å²) in [6, 6.07) is 9.19. The highest BCUT2D eigenvalue weighted by Crippen LogP contribution is 2.29. The maximum absolute atomic E-state index is 13.0. The molecule has 0 saturated carbocycles. The number of halogens is 1. The maximum atomic E-state index is 13.0. The highest BCUT2D eigenvalue weighted by Gasteiger charge is 2.28. The number of rotatable bonds is 2. The van der Waals surface area contributed by atoms with Gasteiger partial charge in [-0.2, -0.15) is 0 Å². The molecule has 0 saturated heterocycles. The number of benzene rings is 1. The first kappa shape index (κ1) is 9.93. The van der Waals surface area contributed by atoms with Gasteiger partial charge in [0, 0.05) is 0 Å². The average molecular weight is 206 g/mol. The zero-order chi connectivity index (χ0) is 10.9. The van der Waals surface area contributed by atoms with Crippen LogP contribution in [-0.4, -0.2) is 5.11 Å². The lowest BCUT2D eigenvalue weighted by Gasteiger charge is -2.21. The molecular formula is C12H11FO2. The molecule has 0 aliphatic rings. The molecule has 1 aromatic heterocycles. The molecule has 78 valence electrons. The molecule has 15 heavy (non-hydrogen) atoms. The molecule has 0 bridgehead atoms. The van der Waals surface area contributed by atoms with Crippen LogP contribution in [-0.2, 0) is 5.60 Å². The van der Waals surface area contributed by atoms with Crippen LogP contribution < -0.4 is 0 Å². The number of hydrogen-bond acceptors (Lipinski definition) is 2. The van der Waals surface area contributed by atoms with Crippen LogP contribution in [0, 0.1) is 5.82 Å². The summed E-state index contributed by atoms with van der Waals surface area (Å²) in [5.41, 5.74) is -0.830. The molecule has 1 aromatic carbocycles. The third-order valence-electron chi connectivity index (χ3n) is 2.39. The lowest BCUT2D eigenvalue weighted by Crippen LogP contribution is -2.22. The Labute approximate surface area is 87.0 Å². The smallest absolute Gasteiger partial charge is 0.144 e. The van der Waals surface area contributed by atoms with Gasteiger partial charge in [0.1, 0.15) is 17.2 Å². The summed E-state index contributed by atoms with van der Waals surface area (Å²) in [7, 11) is 0. The molecule has 0 spiro atoms. The van der Waals surface area contributed by atoms with E-state index in [1.54, 1.807) is 31.2 Å². The van der Waals surface area contributed by atoms with Gasteiger partial charge >= 0.3 is 0 Å². The van der Waals surface area contributed by atoms with Gasteiger partial charge in [-0.15, -0.1) is 0 Å². The van der Waals surface area contributed by atoms with Crippen LogP contribution in [0.5, 0.6) is 0 Å². The Morgan fingerprint density at radius 2 is 2.07 bits per heavy atom. The summed E-state index contributed by atoms with van der Waals surface area (Å²) in [6.45, 7) is 1.57. The Morgan fingerprint density at radius 1 is 1.27 bits per heavy atom. The fourth-order valence-electron chi connectivity index (χ4n) is 1.49. The Bertz CT molecular complexity index is 446. The molecule has 0 radical (unpaired) electrons. The van der Waals surface area contributed by atoms with Crippen molar-refractivity contribution in [3.8, 4) is 0 Å². The Morgan fingerprint density at radius 3 is 2.67 bits per heavy atom. The second-order valence-corrected chi connectivity index (χ2v) is 3.56. The van der Waals surface area contributed by atoms with Gasteiger partial charge in [-0.1, -0.05) is 12.1 Å². The minimum atomic E-state index is -1.30. The quantitative estimate of drug-likeness (QED) is 0.819. The van der Waals surface area contributed by atoms with E-state index in [2.05, 4.69) is 0 Å². The molecule has 1 N–H and O–H groups in total. The molecule has 1 atom stereocenters. The summed E-state index contributed by atoms with van der Waals surface area (Å²) in [6.07, 6.45) is 1.48. The summed E-state index contributed by atoms with van der Waals surface area (Å²) in [5, 5.41) is 10.2. The van der Waals surface area contributed by atoms with Crippen molar-refractivity contribution in [1.82, 2.24) is 0 Å². The molecule has 1 unspecified atom stereocenters. The molecule has 2 rings (SSSR count). The zero-order valence-corrected chi connectivity index (χ0v) is 8.27. The van der Waals surface area contributed by atoms with Crippen LogP contribution in [0.1, 0.15) is 18.2 Å². The second kappa shape index (κ2) is 3.51. The lowest BCUT2D eigenvalue weighted by atomic mass is 9.93. The van der Waals surface area contributed by atoms with Gasteiger partial charge in [-0.3, -0.25) is 0 Å². The predicted molar refractivity (Wildman–Crippen MR) is 53.8 cm³/mol. The Balaban J connectivity index is 2.46. The van der Waals surface area contributed by atoms with Gasteiger partial charge in [-0.25, -0.2) is 4.39 Å². The standard InChI is InChI=1S/C12H11FO2/c1-12(14,11-6-3-7-15-11)9-4-2-5-10(13)8-9/h2-8,14H,1H3. The van der Waals surface area contributed by atoms with E-state index in [1.165, 1.54) is 18.4 Å². The Kier molecular flexibility index (Phi) is 2.32. The first-order valence-electron chi connectivity index (χ1n) is 4.63. The largest absolute Gasteiger partial charge is 0.466 e.